The van der Waals surface area contributed by atoms with Crippen LogP contribution in [0.5, 0.6) is 5.75 Å². The Kier molecular flexibility index (Phi) is 6.48. The molecule has 4 nitrogen and oxygen atoms in total. The van der Waals surface area contributed by atoms with Crippen LogP contribution in [0.2, 0.25) is 0 Å². The van der Waals surface area contributed by atoms with Crippen molar-refractivity contribution in [2.45, 2.75) is 26.0 Å². The Morgan fingerprint density at radius 1 is 1.52 bits per heavy atom. The zero-order chi connectivity index (χ0) is 15.2. The number of likely N-dealkylation sites (N-methyl/N-ethyl adjacent to an activating group) is 1. The topological polar surface area (TPSA) is 33.7 Å². The van der Waals surface area contributed by atoms with Crippen molar-refractivity contribution in [2.75, 3.05) is 39.9 Å². The molecule has 1 fully saturated rings. The van der Waals surface area contributed by atoms with Crippen molar-refractivity contribution in [1.82, 2.24) is 10.2 Å². The van der Waals surface area contributed by atoms with Gasteiger partial charge in [0, 0.05) is 29.2 Å². The highest BCUT2D eigenvalue weighted by molar-refractivity contribution is 9.10. The van der Waals surface area contributed by atoms with Gasteiger partial charge in [-0.2, -0.15) is 0 Å². The van der Waals surface area contributed by atoms with Gasteiger partial charge in [0.25, 0.3) is 0 Å². The minimum Gasteiger partial charge on any atom is -0.490 e. The quantitative estimate of drug-likeness (QED) is 0.849. The third-order valence-electron chi connectivity index (χ3n) is 3.97. The van der Waals surface area contributed by atoms with Crippen LogP contribution in [0, 0.1) is 0 Å². The lowest BCUT2D eigenvalue weighted by atomic mass is 10.1. The molecule has 0 bridgehead atoms. The van der Waals surface area contributed by atoms with E-state index >= 15 is 0 Å². The molecule has 2 atom stereocenters. The predicted molar refractivity (Wildman–Crippen MR) is 89.0 cm³/mol. The van der Waals surface area contributed by atoms with Gasteiger partial charge in [-0.25, -0.2) is 0 Å². The molecule has 5 heteroatoms. The van der Waals surface area contributed by atoms with Crippen LogP contribution < -0.4 is 10.1 Å². The van der Waals surface area contributed by atoms with Crippen LogP contribution in [-0.2, 0) is 4.74 Å². The number of hydrogen-bond acceptors (Lipinski definition) is 4. The van der Waals surface area contributed by atoms with Gasteiger partial charge in [0.1, 0.15) is 18.5 Å². The second-order valence-corrected chi connectivity index (χ2v) is 6.31. The molecular weight excluding hydrogens is 332 g/mol. The Morgan fingerprint density at radius 2 is 2.33 bits per heavy atom. The molecule has 1 aliphatic rings. The van der Waals surface area contributed by atoms with E-state index in [4.69, 9.17) is 9.47 Å². The summed E-state index contributed by atoms with van der Waals surface area (Å²) in [7, 11) is 1.96. The largest absolute Gasteiger partial charge is 0.490 e. The first kappa shape index (κ1) is 16.7. The van der Waals surface area contributed by atoms with Gasteiger partial charge in [-0.1, -0.05) is 28.9 Å². The van der Waals surface area contributed by atoms with Crippen molar-refractivity contribution in [3.8, 4) is 5.75 Å². The van der Waals surface area contributed by atoms with Crippen molar-refractivity contribution in [2.24, 2.45) is 0 Å². The minimum atomic E-state index is 0.149. The normalized spacial score (nSPS) is 21.2. The average Bonchev–Trinajstić information content (AvgIpc) is 2.52. The second kappa shape index (κ2) is 8.13. The van der Waals surface area contributed by atoms with E-state index in [0.29, 0.717) is 6.61 Å². The van der Waals surface area contributed by atoms with Crippen LogP contribution >= 0.6 is 15.9 Å². The van der Waals surface area contributed by atoms with E-state index in [-0.39, 0.29) is 12.1 Å². The molecular formula is C16H25BrN2O2. The number of ether oxygens (including phenoxy) is 2. The van der Waals surface area contributed by atoms with Gasteiger partial charge in [0.05, 0.1) is 6.61 Å². The third-order valence-corrected chi connectivity index (χ3v) is 4.46. The predicted octanol–water partition coefficient (Wildman–Crippen LogP) is 2.83. The summed E-state index contributed by atoms with van der Waals surface area (Å²) in [5.41, 5.74) is 1.17. The number of benzene rings is 1. The van der Waals surface area contributed by atoms with E-state index in [9.17, 15) is 0 Å². The van der Waals surface area contributed by atoms with Gasteiger partial charge in [-0.15, -0.1) is 0 Å². The van der Waals surface area contributed by atoms with Crippen LogP contribution in [-0.4, -0.2) is 50.9 Å². The summed E-state index contributed by atoms with van der Waals surface area (Å²) < 4.78 is 12.9. The first-order chi connectivity index (χ1) is 10.1. The molecule has 1 aromatic rings. The smallest absolute Gasteiger partial charge is 0.125 e. The zero-order valence-electron chi connectivity index (χ0n) is 13.1. The molecule has 1 heterocycles. The van der Waals surface area contributed by atoms with Gasteiger partial charge in [0.15, 0.2) is 0 Å². The summed E-state index contributed by atoms with van der Waals surface area (Å²) in [6, 6.07) is 6.43. The van der Waals surface area contributed by atoms with Gasteiger partial charge >= 0.3 is 0 Å². The summed E-state index contributed by atoms with van der Waals surface area (Å²) >= 11 is 3.51. The van der Waals surface area contributed by atoms with E-state index in [1.807, 2.05) is 19.2 Å². The molecule has 2 unspecified atom stereocenters. The van der Waals surface area contributed by atoms with E-state index < -0.39 is 0 Å². The molecule has 2 rings (SSSR count). The highest BCUT2D eigenvalue weighted by atomic mass is 79.9. The highest BCUT2D eigenvalue weighted by Crippen LogP contribution is 2.29. The molecule has 0 aliphatic carbocycles. The maximum Gasteiger partial charge on any atom is 0.125 e. The minimum absolute atomic E-state index is 0.149. The van der Waals surface area contributed by atoms with Gasteiger partial charge in [-0.05, 0) is 32.6 Å². The van der Waals surface area contributed by atoms with E-state index in [0.717, 1.165) is 36.5 Å². The molecule has 118 valence electrons. The van der Waals surface area contributed by atoms with Gasteiger partial charge in [-0.3, -0.25) is 4.90 Å². The maximum atomic E-state index is 6.05. The molecule has 1 aromatic carbocycles. The van der Waals surface area contributed by atoms with Crippen LogP contribution in [0.15, 0.2) is 22.7 Å². The Hall–Kier alpha value is -0.620. The number of nitrogens with one attached hydrogen (secondary N) is 1. The molecule has 0 aromatic heterocycles. The molecule has 21 heavy (non-hydrogen) atoms. The molecule has 1 saturated heterocycles. The van der Waals surface area contributed by atoms with Crippen molar-refractivity contribution in [1.29, 1.82) is 0 Å². The van der Waals surface area contributed by atoms with E-state index in [1.165, 1.54) is 5.56 Å². The number of rotatable bonds is 6. The van der Waals surface area contributed by atoms with Crippen LogP contribution in [0.25, 0.3) is 0 Å². The molecule has 0 spiro atoms. The maximum absolute atomic E-state index is 6.05. The summed E-state index contributed by atoms with van der Waals surface area (Å²) in [5, 5.41) is 3.26. The Balaban J connectivity index is 2.00. The van der Waals surface area contributed by atoms with Crippen molar-refractivity contribution < 1.29 is 9.47 Å². The number of hydrogen-bond donors (Lipinski definition) is 1. The lowest BCUT2D eigenvalue weighted by molar-refractivity contribution is -0.0465. The Morgan fingerprint density at radius 3 is 3.05 bits per heavy atom. The van der Waals surface area contributed by atoms with E-state index in [2.05, 4.69) is 46.1 Å². The van der Waals surface area contributed by atoms with Crippen molar-refractivity contribution in [3.05, 3.63) is 28.2 Å². The molecule has 0 saturated carbocycles. The number of halogens is 1. The molecule has 0 radical (unpaired) electrons. The molecule has 1 aliphatic heterocycles. The zero-order valence-corrected chi connectivity index (χ0v) is 14.6. The van der Waals surface area contributed by atoms with Gasteiger partial charge in [0.2, 0.25) is 0 Å². The fourth-order valence-corrected chi connectivity index (χ4v) is 2.84. The summed E-state index contributed by atoms with van der Waals surface area (Å²) in [6.07, 6.45) is 0.149. The average molecular weight is 357 g/mol. The van der Waals surface area contributed by atoms with Crippen LogP contribution in [0.3, 0.4) is 0 Å². The summed E-state index contributed by atoms with van der Waals surface area (Å²) in [6.45, 7) is 8.74. The Labute approximate surface area is 135 Å². The standard InChI is InChI=1S/C16H25BrN2O2/c1-4-19-7-8-20-14(10-19)11-21-16-9-13(17)5-6-15(16)12(2)18-3/h5-6,9,12,14,18H,4,7-8,10-11H2,1-3H3. The van der Waals surface area contributed by atoms with Crippen molar-refractivity contribution >= 4 is 15.9 Å². The monoisotopic (exact) mass is 356 g/mol. The number of nitrogens with zero attached hydrogens (tertiary/aromatic N) is 1. The third kappa shape index (κ3) is 4.68. The van der Waals surface area contributed by atoms with Crippen LogP contribution in [0.4, 0.5) is 0 Å². The molecule has 1 N–H and O–H groups in total. The summed E-state index contributed by atoms with van der Waals surface area (Å²) in [5.74, 6) is 0.920. The fourth-order valence-electron chi connectivity index (χ4n) is 2.50. The fraction of sp³-hybridized carbons (Fsp3) is 0.625. The van der Waals surface area contributed by atoms with Gasteiger partial charge < -0.3 is 14.8 Å². The first-order valence-electron chi connectivity index (χ1n) is 7.57. The molecule has 0 amide bonds. The van der Waals surface area contributed by atoms with Crippen LogP contribution in [0.1, 0.15) is 25.5 Å². The lowest BCUT2D eigenvalue weighted by Crippen LogP contribution is -2.44. The van der Waals surface area contributed by atoms with E-state index in [1.54, 1.807) is 0 Å². The SMILES string of the molecule is CCN1CCOC(COc2cc(Br)ccc2C(C)NC)C1. The lowest BCUT2D eigenvalue weighted by Gasteiger charge is -2.32. The summed E-state index contributed by atoms with van der Waals surface area (Å²) in [4.78, 5) is 2.40. The highest BCUT2D eigenvalue weighted by Gasteiger charge is 2.20. The number of morpholine rings is 1. The second-order valence-electron chi connectivity index (χ2n) is 5.39. The van der Waals surface area contributed by atoms with Crippen molar-refractivity contribution in [3.63, 3.8) is 0 Å². The Bertz CT molecular complexity index is 456. The first-order valence-corrected chi connectivity index (χ1v) is 8.36.